The van der Waals surface area contributed by atoms with Gasteiger partial charge in [-0.3, -0.25) is 9.69 Å². The summed E-state index contributed by atoms with van der Waals surface area (Å²) in [6.07, 6.45) is 3.35. The van der Waals surface area contributed by atoms with Crippen molar-refractivity contribution in [3.63, 3.8) is 0 Å². The number of primary amides is 1. The zero-order valence-electron chi connectivity index (χ0n) is 13.4. The van der Waals surface area contributed by atoms with Crippen LogP contribution in [0.25, 0.3) is 0 Å². The van der Waals surface area contributed by atoms with Crippen LogP contribution < -0.4 is 11.1 Å². The van der Waals surface area contributed by atoms with Gasteiger partial charge in [0.1, 0.15) is 0 Å². The molecule has 0 saturated carbocycles. The topological polar surface area (TPSA) is 67.6 Å². The van der Waals surface area contributed by atoms with E-state index in [9.17, 15) is 4.79 Å². The van der Waals surface area contributed by atoms with Gasteiger partial charge in [-0.05, 0) is 53.1 Å². The number of piperidine rings is 1. The molecule has 5 heteroatoms. The van der Waals surface area contributed by atoms with Crippen molar-refractivity contribution in [2.24, 2.45) is 5.73 Å². The molecule has 0 bridgehead atoms. The second-order valence-electron chi connectivity index (χ2n) is 5.99. The Bertz CT molecular complexity index is 309. The molecule has 20 heavy (non-hydrogen) atoms. The minimum absolute atomic E-state index is 0.274. The summed E-state index contributed by atoms with van der Waals surface area (Å²) in [7, 11) is 0. The molecule has 3 unspecified atom stereocenters. The molecule has 3 N–H and O–H groups in total. The number of carbonyl (C=O) groups excluding carboxylic acids is 1. The zero-order chi connectivity index (χ0) is 15.2. The number of nitrogens with one attached hydrogen (secondary N) is 1. The third kappa shape index (κ3) is 4.72. The quantitative estimate of drug-likeness (QED) is 0.701. The summed E-state index contributed by atoms with van der Waals surface area (Å²) in [5.41, 5.74) is 4.93. The number of rotatable bonds is 8. The number of amides is 1. The van der Waals surface area contributed by atoms with Crippen LogP contribution in [0.5, 0.6) is 0 Å². The van der Waals surface area contributed by atoms with Gasteiger partial charge in [0.05, 0.1) is 11.6 Å². The first-order valence-corrected chi connectivity index (χ1v) is 7.83. The Morgan fingerprint density at radius 2 is 2.25 bits per heavy atom. The molecule has 118 valence electrons. The molecular formula is C15H31N3O2. The highest BCUT2D eigenvalue weighted by Gasteiger charge is 2.34. The molecule has 1 aliphatic heterocycles. The highest BCUT2D eigenvalue weighted by atomic mass is 16.5. The van der Waals surface area contributed by atoms with Gasteiger partial charge in [-0.2, -0.15) is 0 Å². The fourth-order valence-electron chi connectivity index (χ4n) is 3.11. The van der Waals surface area contributed by atoms with Crippen molar-refractivity contribution in [2.45, 2.75) is 64.6 Å². The van der Waals surface area contributed by atoms with E-state index in [1.165, 1.54) is 0 Å². The molecule has 1 amide bonds. The third-order valence-corrected chi connectivity index (χ3v) is 4.25. The van der Waals surface area contributed by atoms with E-state index in [0.717, 1.165) is 45.5 Å². The van der Waals surface area contributed by atoms with Crippen molar-refractivity contribution < 1.29 is 9.53 Å². The Hall–Kier alpha value is -0.650. The molecule has 1 heterocycles. The van der Waals surface area contributed by atoms with Crippen molar-refractivity contribution in [1.82, 2.24) is 10.2 Å². The van der Waals surface area contributed by atoms with E-state index in [4.69, 9.17) is 10.5 Å². The lowest BCUT2D eigenvalue weighted by atomic mass is 9.91. The molecule has 0 aromatic rings. The molecule has 3 atom stereocenters. The van der Waals surface area contributed by atoms with Crippen LogP contribution >= 0.6 is 0 Å². The lowest BCUT2D eigenvalue weighted by Gasteiger charge is -2.40. The number of carbonyl (C=O) groups is 1. The molecule has 0 aliphatic carbocycles. The number of nitrogens with zero attached hydrogens (tertiary/aromatic N) is 1. The van der Waals surface area contributed by atoms with Crippen LogP contribution in [0.15, 0.2) is 0 Å². The predicted octanol–water partition coefficient (Wildman–Crippen LogP) is 1.12. The summed E-state index contributed by atoms with van der Waals surface area (Å²) >= 11 is 0. The highest BCUT2D eigenvalue weighted by Crippen LogP contribution is 2.21. The number of likely N-dealkylation sites (N-methyl/N-ethyl adjacent to an activating group) is 1. The largest absolute Gasteiger partial charge is 0.377 e. The number of likely N-dealkylation sites (tertiary alicyclic amines) is 1. The first-order valence-electron chi connectivity index (χ1n) is 7.83. The van der Waals surface area contributed by atoms with Gasteiger partial charge in [0.2, 0.25) is 5.91 Å². The predicted molar refractivity (Wildman–Crippen MR) is 81.6 cm³/mol. The van der Waals surface area contributed by atoms with E-state index in [-0.39, 0.29) is 5.91 Å². The monoisotopic (exact) mass is 285 g/mol. The van der Waals surface area contributed by atoms with Crippen LogP contribution in [-0.4, -0.2) is 54.7 Å². The van der Waals surface area contributed by atoms with Crippen molar-refractivity contribution in [2.75, 3.05) is 26.2 Å². The second-order valence-corrected chi connectivity index (χ2v) is 5.99. The fraction of sp³-hybridized carbons (Fsp3) is 0.933. The summed E-state index contributed by atoms with van der Waals surface area (Å²) in [6, 6.07) is 0.315. The van der Waals surface area contributed by atoms with Crippen molar-refractivity contribution in [3.05, 3.63) is 0 Å². The minimum Gasteiger partial charge on any atom is -0.377 e. The molecule has 1 saturated heterocycles. The summed E-state index contributed by atoms with van der Waals surface area (Å²) in [4.78, 5) is 14.1. The first-order chi connectivity index (χ1) is 9.42. The SMILES string of the molecule is CCNC(C)(CC(C)N1CCCC(OCC)C1)C(N)=O. The van der Waals surface area contributed by atoms with Gasteiger partial charge in [0.25, 0.3) is 0 Å². The number of ether oxygens (including phenoxy) is 1. The van der Waals surface area contributed by atoms with Crippen molar-refractivity contribution in [3.8, 4) is 0 Å². The number of hydrogen-bond donors (Lipinski definition) is 2. The molecular weight excluding hydrogens is 254 g/mol. The van der Waals surface area contributed by atoms with E-state index >= 15 is 0 Å². The Morgan fingerprint density at radius 1 is 1.55 bits per heavy atom. The first kappa shape index (κ1) is 17.4. The van der Waals surface area contributed by atoms with Crippen LogP contribution in [0.4, 0.5) is 0 Å². The maximum atomic E-state index is 11.7. The Kier molecular flexibility index (Phi) is 6.92. The lowest BCUT2D eigenvalue weighted by Crippen LogP contribution is -2.57. The van der Waals surface area contributed by atoms with Gasteiger partial charge < -0.3 is 15.8 Å². The molecule has 0 aromatic carbocycles. The minimum atomic E-state index is -0.632. The molecule has 0 spiro atoms. The van der Waals surface area contributed by atoms with Gasteiger partial charge in [-0.25, -0.2) is 0 Å². The van der Waals surface area contributed by atoms with E-state index in [1.54, 1.807) is 0 Å². The van der Waals surface area contributed by atoms with E-state index in [0.29, 0.717) is 12.1 Å². The lowest BCUT2D eigenvalue weighted by molar-refractivity contribution is -0.124. The Morgan fingerprint density at radius 3 is 2.80 bits per heavy atom. The van der Waals surface area contributed by atoms with E-state index in [1.807, 2.05) is 20.8 Å². The zero-order valence-corrected chi connectivity index (χ0v) is 13.4. The second kappa shape index (κ2) is 7.96. The number of hydrogen-bond acceptors (Lipinski definition) is 4. The molecule has 1 rings (SSSR count). The molecule has 1 aliphatic rings. The van der Waals surface area contributed by atoms with Crippen LogP contribution in [0.1, 0.15) is 47.0 Å². The standard InChI is InChI=1S/C15H31N3O2/c1-5-17-15(4,14(16)19)10-12(3)18-9-7-8-13(11-18)20-6-2/h12-13,17H,5-11H2,1-4H3,(H2,16,19). The Labute approximate surface area is 123 Å². The molecule has 0 radical (unpaired) electrons. The summed E-state index contributed by atoms with van der Waals surface area (Å²) in [5, 5.41) is 3.23. The summed E-state index contributed by atoms with van der Waals surface area (Å²) < 4.78 is 5.74. The van der Waals surface area contributed by atoms with Gasteiger partial charge >= 0.3 is 0 Å². The summed E-state index contributed by atoms with van der Waals surface area (Å²) in [6.45, 7) is 11.7. The fourth-order valence-corrected chi connectivity index (χ4v) is 3.11. The third-order valence-electron chi connectivity index (χ3n) is 4.25. The summed E-state index contributed by atoms with van der Waals surface area (Å²) in [5.74, 6) is -0.274. The van der Waals surface area contributed by atoms with E-state index in [2.05, 4.69) is 17.1 Å². The smallest absolute Gasteiger partial charge is 0.237 e. The van der Waals surface area contributed by atoms with Crippen molar-refractivity contribution >= 4 is 5.91 Å². The average molecular weight is 285 g/mol. The van der Waals surface area contributed by atoms with Gasteiger partial charge in [0, 0.05) is 19.2 Å². The normalized spacial score (nSPS) is 25.1. The van der Waals surface area contributed by atoms with E-state index < -0.39 is 5.54 Å². The molecule has 5 nitrogen and oxygen atoms in total. The van der Waals surface area contributed by atoms with Gasteiger partial charge in [-0.15, -0.1) is 0 Å². The van der Waals surface area contributed by atoms with Crippen molar-refractivity contribution in [1.29, 1.82) is 0 Å². The number of nitrogens with two attached hydrogens (primary N) is 1. The van der Waals surface area contributed by atoms with Crippen LogP contribution in [0.3, 0.4) is 0 Å². The molecule has 1 fully saturated rings. The maximum Gasteiger partial charge on any atom is 0.237 e. The highest BCUT2D eigenvalue weighted by molar-refractivity contribution is 5.84. The van der Waals surface area contributed by atoms with Gasteiger partial charge in [-0.1, -0.05) is 6.92 Å². The van der Waals surface area contributed by atoms with Crippen LogP contribution in [0, 0.1) is 0 Å². The van der Waals surface area contributed by atoms with Gasteiger partial charge in [0.15, 0.2) is 0 Å². The molecule has 0 aromatic heterocycles. The maximum absolute atomic E-state index is 11.7. The average Bonchev–Trinajstić information content (AvgIpc) is 2.39. The van der Waals surface area contributed by atoms with Crippen LogP contribution in [-0.2, 0) is 9.53 Å². The Balaban J connectivity index is 2.59. The van der Waals surface area contributed by atoms with Crippen LogP contribution in [0.2, 0.25) is 0 Å².